The Morgan fingerprint density at radius 3 is 2.41 bits per heavy atom. The molecule has 0 saturated carbocycles. The standard InChI is InChI=1S/C26H30N2O3S/c1-15(2)12-28(13-16(3)4)14-19-21(29)11-10-18-24(30)23(17(5)31-25(18)19)26-27-20-8-6-7-9-22(20)32-26/h6-11,15-16,29H,12-14H2,1-5H3. The second kappa shape index (κ2) is 9.04. The Morgan fingerprint density at radius 1 is 1.06 bits per heavy atom. The minimum absolute atomic E-state index is 0.108. The van der Waals surface area contributed by atoms with E-state index in [1.807, 2.05) is 24.3 Å². The van der Waals surface area contributed by atoms with E-state index in [1.54, 1.807) is 19.1 Å². The SMILES string of the molecule is Cc1oc2c(CN(CC(C)C)CC(C)C)c(O)ccc2c(=O)c1-c1nc2ccccc2s1. The number of phenols is 1. The Labute approximate surface area is 192 Å². The van der Waals surface area contributed by atoms with E-state index in [9.17, 15) is 9.90 Å². The highest BCUT2D eigenvalue weighted by Crippen LogP contribution is 2.34. The van der Waals surface area contributed by atoms with Gasteiger partial charge < -0.3 is 9.52 Å². The summed E-state index contributed by atoms with van der Waals surface area (Å²) in [5.41, 5.74) is 2.39. The summed E-state index contributed by atoms with van der Waals surface area (Å²) in [4.78, 5) is 20.5. The molecular weight excluding hydrogens is 420 g/mol. The van der Waals surface area contributed by atoms with Gasteiger partial charge in [-0.3, -0.25) is 9.69 Å². The molecule has 2 aromatic heterocycles. The number of hydrogen-bond acceptors (Lipinski definition) is 6. The van der Waals surface area contributed by atoms with Crippen LogP contribution in [0.5, 0.6) is 5.75 Å². The summed E-state index contributed by atoms with van der Waals surface area (Å²) in [5, 5.41) is 11.8. The minimum atomic E-state index is -0.108. The highest BCUT2D eigenvalue weighted by Gasteiger charge is 2.22. The maximum absolute atomic E-state index is 13.5. The molecule has 0 bridgehead atoms. The predicted molar refractivity (Wildman–Crippen MR) is 132 cm³/mol. The lowest BCUT2D eigenvalue weighted by atomic mass is 10.0. The summed E-state index contributed by atoms with van der Waals surface area (Å²) >= 11 is 1.49. The number of rotatable bonds is 7. The number of aryl methyl sites for hydroxylation is 1. The number of hydrogen-bond donors (Lipinski definition) is 1. The van der Waals surface area contributed by atoms with Crippen LogP contribution < -0.4 is 5.43 Å². The molecule has 0 radical (unpaired) electrons. The molecule has 0 aliphatic heterocycles. The van der Waals surface area contributed by atoms with Gasteiger partial charge in [-0.25, -0.2) is 4.98 Å². The smallest absolute Gasteiger partial charge is 0.203 e. The topological polar surface area (TPSA) is 66.6 Å². The van der Waals surface area contributed by atoms with Gasteiger partial charge in [0, 0.05) is 19.6 Å². The van der Waals surface area contributed by atoms with Gasteiger partial charge in [0.05, 0.1) is 26.7 Å². The molecular formula is C26H30N2O3S. The lowest BCUT2D eigenvalue weighted by Crippen LogP contribution is -2.31. The molecule has 6 heteroatoms. The molecule has 2 aromatic carbocycles. The third-order valence-electron chi connectivity index (χ3n) is 5.45. The van der Waals surface area contributed by atoms with Gasteiger partial charge in [0.25, 0.3) is 0 Å². The van der Waals surface area contributed by atoms with Crippen molar-refractivity contribution in [2.24, 2.45) is 11.8 Å². The normalized spacial score (nSPS) is 12.1. The van der Waals surface area contributed by atoms with Gasteiger partial charge in [-0.05, 0) is 43.0 Å². The summed E-state index contributed by atoms with van der Waals surface area (Å²) in [5.74, 6) is 1.66. The second-order valence-corrected chi connectivity index (χ2v) is 10.3. The first-order valence-corrected chi connectivity index (χ1v) is 11.9. The average molecular weight is 451 g/mol. The van der Waals surface area contributed by atoms with Gasteiger partial charge in [0.2, 0.25) is 5.43 Å². The van der Waals surface area contributed by atoms with Crippen molar-refractivity contribution in [1.29, 1.82) is 0 Å². The Balaban J connectivity index is 1.84. The molecule has 32 heavy (non-hydrogen) atoms. The number of nitrogens with zero attached hydrogens (tertiary/aromatic N) is 2. The van der Waals surface area contributed by atoms with Gasteiger partial charge in [0.1, 0.15) is 22.1 Å². The summed E-state index contributed by atoms with van der Waals surface area (Å²) < 4.78 is 7.26. The Morgan fingerprint density at radius 2 is 1.75 bits per heavy atom. The van der Waals surface area contributed by atoms with Gasteiger partial charge in [-0.2, -0.15) is 0 Å². The molecule has 5 nitrogen and oxygen atoms in total. The van der Waals surface area contributed by atoms with Gasteiger partial charge in [-0.1, -0.05) is 39.8 Å². The molecule has 0 aliphatic carbocycles. The number of thiazole rings is 1. The molecule has 1 N–H and O–H groups in total. The van der Waals surface area contributed by atoms with Crippen LogP contribution >= 0.6 is 11.3 Å². The molecule has 0 amide bonds. The molecule has 0 atom stereocenters. The van der Waals surface area contributed by atoms with Gasteiger partial charge in [0.15, 0.2) is 0 Å². The fourth-order valence-corrected chi connectivity index (χ4v) is 5.31. The van der Waals surface area contributed by atoms with Gasteiger partial charge in [-0.15, -0.1) is 11.3 Å². The quantitative estimate of drug-likeness (QED) is 0.363. The Hall–Kier alpha value is -2.70. The second-order valence-electron chi connectivity index (χ2n) is 9.27. The van der Waals surface area contributed by atoms with E-state index in [2.05, 4.69) is 37.6 Å². The summed E-state index contributed by atoms with van der Waals surface area (Å²) in [6.07, 6.45) is 0. The van der Waals surface area contributed by atoms with E-state index in [0.29, 0.717) is 51.2 Å². The minimum Gasteiger partial charge on any atom is -0.507 e. The zero-order valence-electron chi connectivity index (χ0n) is 19.3. The third kappa shape index (κ3) is 4.43. The van der Waals surface area contributed by atoms with Crippen LogP contribution in [-0.4, -0.2) is 28.1 Å². The molecule has 0 fully saturated rings. The molecule has 2 heterocycles. The Bertz CT molecular complexity index is 1280. The molecule has 0 spiro atoms. The number of para-hydroxylation sites is 1. The summed E-state index contributed by atoms with van der Waals surface area (Å²) in [6, 6.07) is 11.1. The largest absolute Gasteiger partial charge is 0.507 e. The maximum atomic E-state index is 13.5. The van der Waals surface area contributed by atoms with E-state index in [1.165, 1.54) is 11.3 Å². The predicted octanol–water partition coefficient (Wildman–Crippen LogP) is 6.20. The number of aromatic nitrogens is 1. The van der Waals surface area contributed by atoms with E-state index in [0.717, 1.165) is 23.3 Å². The Kier molecular flexibility index (Phi) is 6.35. The van der Waals surface area contributed by atoms with Crippen molar-refractivity contribution in [3.8, 4) is 16.3 Å². The molecule has 4 aromatic rings. The van der Waals surface area contributed by atoms with Crippen LogP contribution in [0.4, 0.5) is 0 Å². The first kappa shape index (κ1) is 22.5. The average Bonchev–Trinajstić information content (AvgIpc) is 3.12. The van der Waals surface area contributed by atoms with Crippen LogP contribution in [-0.2, 0) is 6.54 Å². The van der Waals surface area contributed by atoms with Crippen molar-refractivity contribution in [2.75, 3.05) is 13.1 Å². The summed E-state index contributed by atoms with van der Waals surface area (Å²) in [6.45, 7) is 12.9. The van der Waals surface area contributed by atoms with Gasteiger partial charge >= 0.3 is 0 Å². The molecule has 0 saturated heterocycles. The van der Waals surface area contributed by atoms with E-state index >= 15 is 0 Å². The van der Waals surface area contributed by atoms with Crippen molar-refractivity contribution < 1.29 is 9.52 Å². The van der Waals surface area contributed by atoms with Crippen molar-refractivity contribution in [3.05, 3.63) is 57.9 Å². The number of fused-ring (bicyclic) bond motifs is 2. The van der Waals surface area contributed by atoms with E-state index in [-0.39, 0.29) is 11.2 Å². The first-order chi connectivity index (χ1) is 15.2. The van der Waals surface area contributed by atoms with Crippen molar-refractivity contribution >= 4 is 32.5 Å². The maximum Gasteiger partial charge on any atom is 0.203 e. The lowest BCUT2D eigenvalue weighted by molar-refractivity contribution is 0.209. The zero-order chi connectivity index (χ0) is 23.0. The van der Waals surface area contributed by atoms with E-state index < -0.39 is 0 Å². The van der Waals surface area contributed by atoms with Crippen LogP contribution in [0.3, 0.4) is 0 Å². The molecule has 168 valence electrons. The van der Waals surface area contributed by atoms with Crippen LogP contribution in [0.2, 0.25) is 0 Å². The highest BCUT2D eigenvalue weighted by atomic mass is 32.1. The van der Waals surface area contributed by atoms with Crippen molar-refractivity contribution in [2.45, 2.75) is 41.2 Å². The molecule has 0 aliphatic rings. The monoisotopic (exact) mass is 450 g/mol. The van der Waals surface area contributed by atoms with Crippen LogP contribution in [0.15, 0.2) is 45.6 Å². The first-order valence-electron chi connectivity index (χ1n) is 11.1. The van der Waals surface area contributed by atoms with E-state index in [4.69, 9.17) is 4.42 Å². The third-order valence-corrected chi connectivity index (χ3v) is 6.50. The number of benzene rings is 2. The fourth-order valence-electron chi connectivity index (χ4n) is 4.25. The molecule has 4 rings (SSSR count). The van der Waals surface area contributed by atoms with Crippen LogP contribution in [0.25, 0.3) is 31.8 Å². The zero-order valence-corrected chi connectivity index (χ0v) is 20.1. The fraction of sp³-hybridized carbons (Fsp3) is 0.385. The number of phenolic OH excluding ortho intramolecular Hbond substituents is 1. The molecule has 0 unspecified atom stereocenters. The lowest BCUT2D eigenvalue weighted by Gasteiger charge is -2.26. The van der Waals surface area contributed by atoms with Crippen LogP contribution in [0, 0.1) is 18.8 Å². The summed E-state index contributed by atoms with van der Waals surface area (Å²) in [7, 11) is 0. The number of aromatic hydroxyl groups is 1. The van der Waals surface area contributed by atoms with Crippen molar-refractivity contribution in [1.82, 2.24) is 9.88 Å². The highest BCUT2D eigenvalue weighted by molar-refractivity contribution is 7.21. The van der Waals surface area contributed by atoms with Crippen molar-refractivity contribution in [3.63, 3.8) is 0 Å². The van der Waals surface area contributed by atoms with Crippen LogP contribution in [0.1, 0.15) is 39.0 Å².